The maximum absolute atomic E-state index is 13.3. The maximum atomic E-state index is 13.3. The number of hydrogen-bond donors (Lipinski definition) is 1. The van der Waals surface area contributed by atoms with Crippen molar-refractivity contribution in [3.05, 3.63) is 92.9 Å². The molecule has 5 rings (SSSR count). The van der Waals surface area contributed by atoms with Crippen molar-refractivity contribution in [1.29, 1.82) is 0 Å². The van der Waals surface area contributed by atoms with Gasteiger partial charge in [0.1, 0.15) is 5.76 Å². The van der Waals surface area contributed by atoms with Crippen LogP contribution >= 0.6 is 0 Å². The fourth-order valence-electron chi connectivity index (χ4n) is 4.41. The molecule has 10 nitrogen and oxygen atoms in total. The van der Waals surface area contributed by atoms with E-state index in [0.29, 0.717) is 34.3 Å². The average molecular weight is 498 g/mol. The highest BCUT2D eigenvalue weighted by Crippen LogP contribution is 2.36. The SMILES string of the molecule is Cc1cc(NC(=O)COC(=O)c2c3c(nc4ccccc24)/C(=C/c2ccc([N+](=O)[O-])cc2)CCC3)no1. The van der Waals surface area contributed by atoms with Crippen molar-refractivity contribution in [3.63, 3.8) is 0 Å². The molecule has 0 saturated carbocycles. The standard InChI is InChI=1S/C27H22N4O6/c1-16-13-23(30-37-16)29-24(32)15-36-27(33)25-20-6-2-3-8-22(20)28-26-18(5-4-7-21(25)26)14-17-9-11-19(12-10-17)31(34)35/h2-3,6,8-14H,4-5,7,15H2,1H3,(H,29,30,32)/b18-14+. The molecule has 0 fully saturated rings. The first-order valence-corrected chi connectivity index (χ1v) is 11.7. The molecule has 2 heterocycles. The van der Waals surface area contributed by atoms with Gasteiger partial charge in [-0.3, -0.25) is 14.9 Å². The van der Waals surface area contributed by atoms with Crippen LogP contribution < -0.4 is 5.32 Å². The number of nitro benzene ring substituents is 1. The molecule has 1 amide bonds. The molecule has 10 heteroatoms. The number of aryl methyl sites for hydroxylation is 1. The summed E-state index contributed by atoms with van der Waals surface area (Å²) in [7, 11) is 0. The normalized spacial score (nSPS) is 13.8. The Labute approximate surface area is 211 Å². The monoisotopic (exact) mass is 498 g/mol. The second-order valence-electron chi connectivity index (χ2n) is 8.65. The van der Waals surface area contributed by atoms with Crippen LogP contribution in [0.25, 0.3) is 22.6 Å². The highest BCUT2D eigenvalue weighted by molar-refractivity contribution is 6.07. The number of benzene rings is 2. The largest absolute Gasteiger partial charge is 0.452 e. The van der Waals surface area contributed by atoms with Crippen LogP contribution in [-0.4, -0.2) is 33.5 Å². The molecule has 186 valence electrons. The van der Waals surface area contributed by atoms with Gasteiger partial charge in [-0.05, 0) is 67.2 Å². The lowest BCUT2D eigenvalue weighted by Crippen LogP contribution is -2.22. The van der Waals surface area contributed by atoms with E-state index in [9.17, 15) is 19.7 Å². The van der Waals surface area contributed by atoms with Crippen molar-refractivity contribution in [2.45, 2.75) is 26.2 Å². The Hall–Kier alpha value is -4.86. The lowest BCUT2D eigenvalue weighted by Gasteiger charge is -2.22. The summed E-state index contributed by atoms with van der Waals surface area (Å²) in [4.78, 5) is 41.0. The number of para-hydroxylation sites is 1. The van der Waals surface area contributed by atoms with Gasteiger partial charge in [0.05, 0.1) is 21.7 Å². The Bertz CT molecular complexity index is 1560. The first-order chi connectivity index (χ1) is 17.9. The molecular formula is C27H22N4O6. The molecule has 1 N–H and O–H groups in total. The summed E-state index contributed by atoms with van der Waals surface area (Å²) in [6.45, 7) is 1.21. The van der Waals surface area contributed by atoms with Gasteiger partial charge in [-0.15, -0.1) is 0 Å². The number of ether oxygens (including phenoxy) is 1. The van der Waals surface area contributed by atoms with Gasteiger partial charge in [0.25, 0.3) is 11.6 Å². The van der Waals surface area contributed by atoms with Crippen LogP contribution in [0, 0.1) is 17.0 Å². The van der Waals surface area contributed by atoms with Crippen LogP contribution in [0.5, 0.6) is 0 Å². The zero-order valence-electron chi connectivity index (χ0n) is 19.9. The molecule has 4 aromatic rings. The Morgan fingerprint density at radius 1 is 1.16 bits per heavy atom. The third-order valence-electron chi connectivity index (χ3n) is 6.05. The van der Waals surface area contributed by atoms with Crippen LogP contribution in [0.1, 0.15) is 45.8 Å². The van der Waals surface area contributed by atoms with Crippen LogP contribution in [0.15, 0.2) is 59.1 Å². The number of carbonyl (C=O) groups excluding carboxylic acids is 2. The summed E-state index contributed by atoms with van der Waals surface area (Å²) in [6, 6.07) is 15.1. The fourth-order valence-corrected chi connectivity index (χ4v) is 4.41. The van der Waals surface area contributed by atoms with E-state index in [-0.39, 0.29) is 11.5 Å². The van der Waals surface area contributed by atoms with E-state index in [1.54, 1.807) is 25.1 Å². The molecule has 0 saturated heterocycles. The van der Waals surface area contributed by atoms with Crippen LogP contribution in [0.3, 0.4) is 0 Å². The first kappa shape index (κ1) is 23.9. The molecule has 37 heavy (non-hydrogen) atoms. The van der Waals surface area contributed by atoms with E-state index in [1.807, 2.05) is 30.3 Å². The van der Waals surface area contributed by atoms with E-state index in [4.69, 9.17) is 14.2 Å². The van der Waals surface area contributed by atoms with Crippen molar-refractivity contribution < 1.29 is 23.8 Å². The number of rotatable bonds is 6. The number of carbonyl (C=O) groups is 2. The van der Waals surface area contributed by atoms with Crippen LogP contribution in [0.2, 0.25) is 0 Å². The first-order valence-electron chi connectivity index (χ1n) is 11.7. The number of hydrogen-bond acceptors (Lipinski definition) is 8. The number of fused-ring (bicyclic) bond motifs is 2. The summed E-state index contributed by atoms with van der Waals surface area (Å²) in [5.41, 5.74) is 4.21. The minimum Gasteiger partial charge on any atom is -0.452 e. The molecule has 1 aliphatic rings. The van der Waals surface area contributed by atoms with E-state index >= 15 is 0 Å². The highest BCUT2D eigenvalue weighted by atomic mass is 16.6. The number of allylic oxidation sites excluding steroid dienone is 1. The van der Waals surface area contributed by atoms with Crippen LogP contribution in [-0.2, 0) is 16.0 Å². The molecule has 2 aromatic carbocycles. The summed E-state index contributed by atoms with van der Waals surface area (Å²) in [6.07, 6.45) is 4.09. The Morgan fingerprint density at radius 3 is 2.68 bits per heavy atom. The second-order valence-corrected chi connectivity index (χ2v) is 8.65. The van der Waals surface area contributed by atoms with Crippen molar-refractivity contribution >= 4 is 45.9 Å². The zero-order valence-corrected chi connectivity index (χ0v) is 19.9. The predicted molar refractivity (Wildman–Crippen MR) is 136 cm³/mol. The van der Waals surface area contributed by atoms with Gasteiger partial charge >= 0.3 is 5.97 Å². The molecule has 0 bridgehead atoms. The smallest absolute Gasteiger partial charge is 0.339 e. The van der Waals surface area contributed by atoms with Gasteiger partial charge in [0, 0.05) is 23.6 Å². The molecule has 2 aromatic heterocycles. The van der Waals surface area contributed by atoms with E-state index in [0.717, 1.165) is 29.5 Å². The lowest BCUT2D eigenvalue weighted by molar-refractivity contribution is -0.384. The maximum Gasteiger partial charge on any atom is 0.339 e. The third kappa shape index (κ3) is 5.08. The molecule has 0 aliphatic heterocycles. The summed E-state index contributed by atoms with van der Waals surface area (Å²) < 4.78 is 10.3. The number of esters is 1. The minimum absolute atomic E-state index is 0.0167. The van der Waals surface area contributed by atoms with E-state index < -0.39 is 23.4 Å². The molecule has 1 aliphatic carbocycles. The van der Waals surface area contributed by atoms with Crippen molar-refractivity contribution in [1.82, 2.24) is 10.1 Å². The number of pyridine rings is 1. The summed E-state index contributed by atoms with van der Waals surface area (Å²) in [5.74, 6) is -0.364. The topological polar surface area (TPSA) is 137 Å². The number of nitrogens with zero attached hydrogens (tertiary/aromatic N) is 3. The molecular weight excluding hydrogens is 476 g/mol. The van der Waals surface area contributed by atoms with E-state index in [2.05, 4.69) is 10.5 Å². The van der Waals surface area contributed by atoms with Crippen molar-refractivity contribution in [2.75, 3.05) is 11.9 Å². The van der Waals surface area contributed by atoms with Gasteiger partial charge < -0.3 is 14.6 Å². The van der Waals surface area contributed by atoms with Gasteiger partial charge in [0.2, 0.25) is 0 Å². The van der Waals surface area contributed by atoms with E-state index in [1.165, 1.54) is 12.1 Å². The number of anilines is 1. The third-order valence-corrected chi connectivity index (χ3v) is 6.05. The number of nitrogens with one attached hydrogen (secondary N) is 1. The van der Waals surface area contributed by atoms with Gasteiger partial charge in [0.15, 0.2) is 12.4 Å². The quantitative estimate of drug-likeness (QED) is 0.220. The van der Waals surface area contributed by atoms with Crippen molar-refractivity contribution in [3.8, 4) is 0 Å². The number of nitro groups is 1. The lowest BCUT2D eigenvalue weighted by atomic mass is 9.86. The average Bonchev–Trinajstić information content (AvgIpc) is 3.30. The van der Waals surface area contributed by atoms with Crippen LogP contribution in [0.4, 0.5) is 11.5 Å². The Morgan fingerprint density at radius 2 is 1.95 bits per heavy atom. The predicted octanol–water partition coefficient (Wildman–Crippen LogP) is 5.11. The number of aromatic nitrogens is 2. The molecule has 0 spiro atoms. The molecule has 0 atom stereocenters. The van der Waals surface area contributed by atoms with Crippen molar-refractivity contribution in [2.24, 2.45) is 0 Å². The Kier molecular flexibility index (Phi) is 6.46. The summed E-state index contributed by atoms with van der Waals surface area (Å²) >= 11 is 0. The zero-order chi connectivity index (χ0) is 25.9. The fraction of sp³-hybridized carbons (Fsp3) is 0.185. The Balaban J connectivity index is 1.46. The second kappa shape index (κ2) is 10.0. The molecule has 0 unspecified atom stereocenters. The van der Waals surface area contributed by atoms with Gasteiger partial charge in [-0.1, -0.05) is 23.4 Å². The minimum atomic E-state index is -0.613. The van der Waals surface area contributed by atoms with Gasteiger partial charge in [-0.2, -0.15) is 0 Å². The highest BCUT2D eigenvalue weighted by Gasteiger charge is 2.26. The number of non-ortho nitro benzene ring substituents is 1. The summed E-state index contributed by atoms with van der Waals surface area (Å²) in [5, 5.41) is 17.9. The number of amides is 1. The van der Waals surface area contributed by atoms with Gasteiger partial charge in [-0.25, -0.2) is 9.78 Å². The molecule has 0 radical (unpaired) electrons.